The van der Waals surface area contributed by atoms with Crippen LogP contribution in [-0.4, -0.2) is 75.9 Å². The first-order chi connectivity index (χ1) is 11.8. The fraction of sp³-hybridized carbons (Fsp3) is 0.692. The second kappa shape index (κ2) is 9.20. The van der Waals surface area contributed by atoms with Gasteiger partial charge in [-0.1, -0.05) is 12.0 Å². The van der Waals surface area contributed by atoms with Gasteiger partial charge in [-0.2, -0.15) is 0 Å². The van der Waals surface area contributed by atoms with Gasteiger partial charge in [0.15, 0.2) is 0 Å². The van der Waals surface area contributed by atoms with Gasteiger partial charge in [-0.05, 0) is 11.6 Å². The second-order valence-electron chi connectivity index (χ2n) is 5.45. The minimum absolute atomic E-state index is 0.488. The van der Waals surface area contributed by atoms with Crippen LogP contribution in [0.1, 0.15) is 6.92 Å². The predicted molar refractivity (Wildman–Crippen MR) is 78.2 cm³/mol. The molecule has 140 valence electrons. The van der Waals surface area contributed by atoms with Crippen molar-refractivity contribution in [3.63, 3.8) is 0 Å². The topological polar surface area (TPSA) is 208 Å². The summed E-state index contributed by atoms with van der Waals surface area (Å²) in [7, 11) is 0. The molecule has 0 saturated carbocycles. The molecular weight excluding hydrogens is 340 g/mol. The molecule has 1 heterocycles. The van der Waals surface area contributed by atoms with Crippen LogP contribution in [-0.2, 0) is 14.3 Å². The van der Waals surface area contributed by atoms with E-state index in [-0.39, 0.29) is 0 Å². The monoisotopic (exact) mass is 359 g/mol. The molecule has 0 bridgehead atoms. The molecule has 1 rings (SSSR count). The second-order valence-corrected chi connectivity index (χ2v) is 5.45. The molecule has 25 heavy (non-hydrogen) atoms. The number of azide groups is 1. The Morgan fingerprint density at radius 2 is 2.08 bits per heavy atom. The molecule has 5 N–H and O–H groups in total. The minimum Gasteiger partial charge on any atom is -0.542 e. The van der Waals surface area contributed by atoms with E-state index in [2.05, 4.69) is 15.3 Å². The molecule has 1 aliphatic rings. The molecule has 12 nitrogen and oxygen atoms in total. The zero-order valence-electron chi connectivity index (χ0n) is 13.2. The highest BCUT2D eigenvalue weighted by Crippen LogP contribution is 2.25. The number of nitrogens with zero attached hydrogens (tertiary/aromatic N) is 3. The lowest BCUT2D eigenvalue weighted by atomic mass is 9.92. The van der Waals surface area contributed by atoms with E-state index in [4.69, 9.17) is 20.5 Å². The molecule has 0 aromatic rings. The van der Waals surface area contributed by atoms with Gasteiger partial charge >= 0.3 is 0 Å². The van der Waals surface area contributed by atoms with Gasteiger partial charge < -0.3 is 40.4 Å². The molecule has 0 saturated heterocycles. The highest BCUT2D eigenvalue weighted by Gasteiger charge is 2.42. The minimum atomic E-state index is -1.82. The van der Waals surface area contributed by atoms with E-state index in [1.807, 2.05) is 0 Å². The maximum atomic E-state index is 12.0. The van der Waals surface area contributed by atoms with Gasteiger partial charge in [-0.25, -0.2) is 0 Å². The third kappa shape index (κ3) is 5.05. The van der Waals surface area contributed by atoms with Crippen molar-refractivity contribution in [2.24, 2.45) is 11.0 Å². The first kappa shape index (κ1) is 20.7. The van der Waals surface area contributed by atoms with Gasteiger partial charge in [-0.15, -0.1) is 0 Å². The van der Waals surface area contributed by atoms with Crippen molar-refractivity contribution in [3.05, 3.63) is 22.3 Å². The number of hydrogen-bond donors (Lipinski definition) is 5. The number of aliphatic hydroxyl groups excluding tert-OH is 4. The number of nitrogens with one attached hydrogen (secondary N) is 1. The lowest BCUT2D eigenvalue weighted by Crippen LogP contribution is -2.60. The van der Waals surface area contributed by atoms with E-state index in [1.165, 1.54) is 6.92 Å². The molecule has 1 amide bonds. The predicted octanol–water partition coefficient (Wildman–Crippen LogP) is -3.47. The summed E-state index contributed by atoms with van der Waals surface area (Å²) in [6, 6.07) is -2.55. The number of carboxylic acid groups (broad SMARTS) is 1. The molecule has 0 aromatic carbocycles. The molecular formula is C13H19N4O8-. The number of aliphatic hydroxyl groups is 4. The summed E-state index contributed by atoms with van der Waals surface area (Å²) < 4.78 is 5.05. The van der Waals surface area contributed by atoms with Gasteiger partial charge in [0.25, 0.3) is 0 Å². The summed E-state index contributed by atoms with van der Waals surface area (Å²) in [5.74, 6) is -4.05. The third-order valence-corrected chi connectivity index (χ3v) is 3.64. The largest absolute Gasteiger partial charge is 0.542 e. The first-order valence-electron chi connectivity index (χ1n) is 7.29. The van der Waals surface area contributed by atoms with Crippen LogP contribution in [0.2, 0.25) is 0 Å². The van der Waals surface area contributed by atoms with Gasteiger partial charge in [0, 0.05) is 4.91 Å². The van der Waals surface area contributed by atoms with E-state index in [9.17, 15) is 24.9 Å². The summed E-state index contributed by atoms with van der Waals surface area (Å²) in [6.45, 7) is 0.0432. The Kier molecular flexibility index (Phi) is 7.61. The summed E-state index contributed by atoms with van der Waals surface area (Å²) >= 11 is 0. The highest BCUT2D eigenvalue weighted by atomic mass is 16.5. The van der Waals surface area contributed by atoms with E-state index in [1.54, 1.807) is 0 Å². The Hall–Kier alpha value is -2.37. The smallest absolute Gasteiger partial charge is 0.225 e. The van der Waals surface area contributed by atoms with Crippen molar-refractivity contribution in [2.75, 3.05) is 13.2 Å². The van der Waals surface area contributed by atoms with Gasteiger partial charge in [0.1, 0.15) is 30.0 Å². The Balaban J connectivity index is 3.26. The van der Waals surface area contributed by atoms with Crippen molar-refractivity contribution < 1.29 is 39.9 Å². The number of carboxylic acids is 1. The summed E-state index contributed by atoms with van der Waals surface area (Å²) in [5.41, 5.74) is 8.65. The van der Waals surface area contributed by atoms with Crippen LogP contribution in [0.15, 0.2) is 16.9 Å². The number of ether oxygens (including phenoxy) is 1. The Bertz CT molecular complexity index is 576. The van der Waals surface area contributed by atoms with Crippen molar-refractivity contribution in [1.29, 1.82) is 0 Å². The number of carbonyl (C=O) groups is 2. The van der Waals surface area contributed by atoms with Crippen molar-refractivity contribution in [1.82, 2.24) is 5.32 Å². The number of aliphatic carboxylic acids is 1. The van der Waals surface area contributed by atoms with Gasteiger partial charge in [0.05, 0.1) is 31.2 Å². The normalized spacial score (nSPS) is 26.3. The van der Waals surface area contributed by atoms with E-state index >= 15 is 0 Å². The number of carbonyl (C=O) groups excluding carboxylic acids is 2. The highest BCUT2D eigenvalue weighted by molar-refractivity contribution is 5.83. The maximum absolute atomic E-state index is 12.0. The Morgan fingerprint density at radius 1 is 1.44 bits per heavy atom. The van der Waals surface area contributed by atoms with E-state index in [0.29, 0.717) is 0 Å². The quantitative estimate of drug-likeness (QED) is 0.166. The van der Waals surface area contributed by atoms with E-state index < -0.39 is 67.2 Å². The molecule has 12 heteroatoms. The van der Waals surface area contributed by atoms with Crippen molar-refractivity contribution in [2.45, 2.75) is 37.3 Å². The number of amides is 1. The van der Waals surface area contributed by atoms with Crippen LogP contribution in [0.3, 0.4) is 0 Å². The number of rotatable bonds is 8. The van der Waals surface area contributed by atoms with Crippen molar-refractivity contribution in [3.8, 4) is 0 Å². The van der Waals surface area contributed by atoms with Gasteiger partial charge in [-0.3, -0.25) is 4.79 Å². The molecule has 0 radical (unpaired) electrons. The standard InChI is InChI=1S/C13H20N4O8/c1-5(3-18)12(22)15-9-6(16-17-14)2-8(13(23)24)25-11(9)10(21)7(20)4-19/h2,5-7,9-11,18-21H,3-4H2,1H3,(H,15,22)(H,23,24)/p-1/t5?,6-,7+,9+,10+,11+/m0/s1. The molecule has 0 spiro atoms. The Labute approximate surface area is 142 Å². The molecule has 1 aliphatic heterocycles. The van der Waals surface area contributed by atoms with Crippen LogP contribution >= 0.6 is 0 Å². The number of hydrogen-bond acceptors (Lipinski definition) is 9. The van der Waals surface area contributed by atoms with Gasteiger partial charge in [0.2, 0.25) is 5.91 Å². The molecule has 0 fully saturated rings. The first-order valence-corrected chi connectivity index (χ1v) is 7.29. The Morgan fingerprint density at radius 3 is 2.56 bits per heavy atom. The lowest BCUT2D eigenvalue weighted by molar-refractivity contribution is -0.305. The maximum Gasteiger partial charge on any atom is 0.225 e. The molecule has 1 unspecified atom stereocenters. The van der Waals surface area contributed by atoms with E-state index in [0.717, 1.165) is 6.08 Å². The van der Waals surface area contributed by atoms with Crippen LogP contribution in [0.25, 0.3) is 10.4 Å². The summed E-state index contributed by atoms with van der Waals surface area (Å²) in [5, 5.41) is 54.5. The van der Waals surface area contributed by atoms with Crippen LogP contribution in [0.4, 0.5) is 0 Å². The average molecular weight is 359 g/mol. The van der Waals surface area contributed by atoms with Crippen LogP contribution < -0.4 is 10.4 Å². The van der Waals surface area contributed by atoms with Crippen LogP contribution in [0, 0.1) is 5.92 Å². The van der Waals surface area contributed by atoms with Crippen LogP contribution in [0.5, 0.6) is 0 Å². The summed E-state index contributed by atoms with van der Waals surface area (Å²) in [6.07, 6.45) is -4.21. The third-order valence-electron chi connectivity index (χ3n) is 3.64. The fourth-order valence-corrected chi connectivity index (χ4v) is 2.16. The molecule has 0 aromatic heterocycles. The summed E-state index contributed by atoms with van der Waals surface area (Å²) in [4.78, 5) is 25.6. The SMILES string of the molecule is CC(CO)C(=O)N[C@H]1[C@H]([C@H](O)[C@H](O)CO)OC(C(=O)[O-])=C[C@@H]1N=[N+]=[N-]. The lowest BCUT2D eigenvalue weighted by Gasteiger charge is -2.39. The fourth-order valence-electron chi connectivity index (χ4n) is 2.16. The van der Waals surface area contributed by atoms with Crippen molar-refractivity contribution >= 4 is 11.9 Å². The molecule has 0 aliphatic carbocycles. The zero-order valence-corrected chi connectivity index (χ0v) is 13.2. The zero-order chi connectivity index (χ0) is 19.1. The molecule has 6 atom stereocenters. The average Bonchev–Trinajstić information content (AvgIpc) is 2.60.